The topological polar surface area (TPSA) is 21.3 Å². The molecule has 1 aromatic rings. The molecule has 3 rings (SSSR count). The second-order valence-corrected chi connectivity index (χ2v) is 8.01. The summed E-state index contributed by atoms with van der Waals surface area (Å²) in [5.74, 6) is 1.83. The molecule has 1 aromatic carbocycles. The lowest BCUT2D eigenvalue weighted by molar-refractivity contribution is 0.100. The number of rotatable bonds is 4. The van der Waals surface area contributed by atoms with Crippen molar-refractivity contribution in [3.63, 3.8) is 0 Å². The van der Waals surface area contributed by atoms with Crippen molar-refractivity contribution in [2.75, 3.05) is 7.11 Å². The molecule has 0 amide bonds. The van der Waals surface area contributed by atoms with Gasteiger partial charge in [-0.3, -0.25) is 0 Å². The van der Waals surface area contributed by atoms with Crippen LogP contribution in [0.5, 0.6) is 5.75 Å². The number of hydrogen-bond acceptors (Lipinski definition) is 2. The van der Waals surface area contributed by atoms with E-state index in [1.807, 2.05) is 6.07 Å². The third-order valence-electron chi connectivity index (χ3n) is 6.28. The normalized spacial score (nSPS) is 34.9. The molecular formula is C19H29NO. The summed E-state index contributed by atoms with van der Waals surface area (Å²) in [7, 11) is 1.73. The lowest BCUT2D eigenvalue weighted by atomic mass is 9.68. The molecule has 0 aliphatic heterocycles. The third kappa shape index (κ3) is 2.38. The molecule has 0 radical (unpaired) electrons. The van der Waals surface area contributed by atoms with Crippen LogP contribution in [0.25, 0.3) is 0 Å². The Morgan fingerprint density at radius 2 is 2.05 bits per heavy atom. The van der Waals surface area contributed by atoms with E-state index in [1.54, 1.807) is 7.11 Å². The van der Waals surface area contributed by atoms with Gasteiger partial charge >= 0.3 is 0 Å². The highest BCUT2D eigenvalue weighted by atomic mass is 16.5. The summed E-state index contributed by atoms with van der Waals surface area (Å²) in [6.07, 6.45) is 4.18. The van der Waals surface area contributed by atoms with Gasteiger partial charge in [-0.25, -0.2) is 0 Å². The van der Waals surface area contributed by atoms with Crippen molar-refractivity contribution in [2.45, 2.75) is 59.0 Å². The molecule has 2 heteroatoms. The van der Waals surface area contributed by atoms with Gasteiger partial charge in [0.1, 0.15) is 5.75 Å². The molecule has 0 heterocycles. The largest absolute Gasteiger partial charge is 0.497 e. The van der Waals surface area contributed by atoms with Crippen LogP contribution in [0.4, 0.5) is 0 Å². The Kier molecular flexibility index (Phi) is 3.56. The van der Waals surface area contributed by atoms with Gasteiger partial charge in [-0.1, -0.05) is 32.9 Å². The van der Waals surface area contributed by atoms with E-state index in [2.05, 4.69) is 51.2 Å². The van der Waals surface area contributed by atoms with Crippen molar-refractivity contribution in [3.8, 4) is 5.75 Å². The Labute approximate surface area is 129 Å². The molecule has 0 spiro atoms. The van der Waals surface area contributed by atoms with Crippen LogP contribution in [-0.4, -0.2) is 13.2 Å². The summed E-state index contributed by atoms with van der Waals surface area (Å²) in [4.78, 5) is 0. The lowest BCUT2D eigenvalue weighted by Crippen LogP contribution is -2.50. The minimum atomic E-state index is 0.362. The van der Waals surface area contributed by atoms with E-state index in [1.165, 1.54) is 24.8 Å². The fourth-order valence-corrected chi connectivity index (χ4v) is 4.98. The van der Waals surface area contributed by atoms with Crippen LogP contribution in [0.2, 0.25) is 0 Å². The van der Waals surface area contributed by atoms with Gasteiger partial charge in [0.25, 0.3) is 0 Å². The third-order valence-corrected chi connectivity index (χ3v) is 6.28. The molecule has 2 aliphatic carbocycles. The van der Waals surface area contributed by atoms with Gasteiger partial charge in [0, 0.05) is 12.1 Å². The standard InChI is InChI=1S/C19H29NO/c1-13(14-7-6-8-16(11-14)21-5)20-17-18(2,3)15-9-10-19(17,4)12-15/h6-8,11,13,15,17,20H,9-10,12H2,1-5H3. The van der Waals surface area contributed by atoms with E-state index in [4.69, 9.17) is 4.74 Å². The number of fused-ring (bicyclic) bond motifs is 2. The maximum absolute atomic E-state index is 5.36. The fourth-order valence-electron chi connectivity index (χ4n) is 4.98. The monoisotopic (exact) mass is 287 g/mol. The molecule has 0 saturated heterocycles. The molecule has 2 bridgehead atoms. The fraction of sp³-hybridized carbons (Fsp3) is 0.684. The summed E-state index contributed by atoms with van der Waals surface area (Å²) in [5.41, 5.74) is 2.19. The van der Waals surface area contributed by atoms with Gasteiger partial charge in [0.05, 0.1) is 7.11 Å². The highest BCUT2D eigenvalue weighted by Gasteiger charge is 2.59. The van der Waals surface area contributed by atoms with E-state index in [0.717, 1.165) is 11.7 Å². The van der Waals surface area contributed by atoms with Crippen molar-refractivity contribution >= 4 is 0 Å². The van der Waals surface area contributed by atoms with E-state index in [0.29, 0.717) is 22.9 Å². The molecule has 4 unspecified atom stereocenters. The zero-order chi connectivity index (χ0) is 15.3. The SMILES string of the molecule is COc1cccc(C(C)NC2C3(C)CCC(C3)C2(C)C)c1. The first-order chi connectivity index (χ1) is 9.87. The minimum absolute atomic E-state index is 0.362. The molecule has 4 atom stereocenters. The Morgan fingerprint density at radius 1 is 1.29 bits per heavy atom. The number of ether oxygens (including phenoxy) is 1. The summed E-state index contributed by atoms with van der Waals surface area (Å²) in [6, 6.07) is 9.41. The summed E-state index contributed by atoms with van der Waals surface area (Å²) in [5, 5.41) is 3.95. The van der Waals surface area contributed by atoms with Crippen molar-refractivity contribution < 1.29 is 4.74 Å². The van der Waals surface area contributed by atoms with Crippen molar-refractivity contribution in [3.05, 3.63) is 29.8 Å². The molecule has 21 heavy (non-hydrogen) atoms. The van der Waals surface area contributed by atoms with Crippen LogP contribution in [-0.2, 0) is 0 Å². The molecule has 2 aliphatic rings. The molecule has 116 valence electrons. The Hall–Kier alpha value is -1.02. The predicted octanol–water partition coefficient (Wildman–Crippen LogP) is 4.56. The Morgan fingerprint density at radius 3 is 2.67 bits per heavy atom. The molecule has 1 N–H and O–H groups in total. The van der Waals surface area contributed by atoms with Gasteiger partial charge in [-0.2, -0.15) is 0 Å². The number of nitrogens with one attached hydrogen (secondary N) is 1. The molecule has 0 aromatic heterocycles. The molecule has 2 nitrogen and oxygen atoms in total. The lowest BCUT2D eigenvalue weighted by Gasteiger charge is -2.44. The van der Waals surface area contributed by atoms with Crippen LogP contribution >= 0.6 is 0 Å². The summed E-state index contributed by atoms with van der Waals surface area (Å²) < 4.78 is 5.36. The van der Waals surface area contributed by atoms with Crippen molar-refractivity contribution in [2.24, 2.45) is 16.7 Å². The van der Waals surface area contributed by atoms with Crippen LogP contribution in [0.3, 0.4) is 0 Å². The van der Waals surface area contributed by atoms with Crippen molar-refractivity contribution in [1.29, 1.82) is 0 Å². The first kappa shape index (κ1) is 14.9. The van der Waals surface area contributed by atoms with Crippen molar-refractivity contribution in [1.82, 2.24) is 5.32 Å². The van der Waals surface area contributed by atoms with Crippen LogP contribution in [0.15, 0.2) is 24.3 Å². The highest BCUT2D eigenvalue weighted by Crippen LogP contribution is 2.62. The van der Waals surface area contributed by atoms with Crippen LogP contribution in [0.1, 0.15) is 58.6 Å². The average molecular weight is 287 g/mol. The van der Waals surface area contributed by atoms with Gasteiger partial charge in [-0.05, 0) is 60.6 Å². The molecule has 2 saturated carbocycles. The first-order valence-corrected chi connectivity index (χ1v) is 8.27. The minimum Gasteiger partial charge on any atom is -0.497 e. The Bertz CT molecular complexity index is 519. The maximum Gasteiger partial charge on any atom is 0.119 e. The Balaban J connectivity index is 1.79. The number of methoxy groups -OCH3 is 1. The quantitative estimate of drug-likeness (QED) is 0.876. The summed E-state index contributed by atoms with van der Waals surface area (Å²) in [6.45, 7) is 9.67. The zero-order valence-electron chi connectivity index (χ0n) is 14.1. The van der Waals surface area contributed by atoms with Gasteiger partial charge in [0.2, 0.25) is 0 Å². The maximum atomic E-state index is 5.36. The molecular weight excluding hydrogens is 258 g/mol. The number of benzene rings is 1. The highest BCUT2D eigenvalue weighted by molar-refractivity contribution is 5.30. The zero-order valence-corrected chi connectivity index (χ0v) is 14.1. The van der Waals surface area contributed by atoms with E-state index in [-0.39, 0.29) is 0 Å². The molecule has 2 fully saturated rings. The van der Waals surface area contributed by atoms with Crippen LogP contribution < -0.4 is 10.1 Å². The smallest absolute Gasteiger partial charge is 0.119 e. The first-order valence-electron chi connectivity index (χ1n) is 8.27. The summed E-state index contributed by atoms with van der Waals surface area (Å²) >= 11 is 0. The van der Waals surface area contributed by atoms with Gasteiger partial charge in [0.15, 0.2) is 0 Å². The van der Waals surface area contributed by atoms with E-state index < -0.39 is 0 Å². The average Bonchev–Trinajstić information content (AvgIpc) is 2.94. The number of hydrogen-bond donors (Lipinski definition) is 1. The van der Waals surface area contributed by atoms with Gasteiger partial charge < -0.3 is 10.1 Å². The van der Waals surface area contributed by atoms with Crippen LogP contribution in [0, 0.1) is 16.7 Å². The second-order valence-electron chi connectivity index (χ2n) is 8.01. The van der Waals surface area contributed by atoms with E-state index >= 15 is 0 Å². The van der Waals surface area contributed by atoms with E-state index in [9.17, 15) is 0 Å². The van der Waals surface area contributed by atoms with Gasteiger partial charge in [-0.15, -0.1) is 0 Å². The second kappa shape index (κ2) is 5.01. The predicted molar refractivity (Wildman–Crippen MR) is 87.6 cm³/mol.